The van der Waals surface area contributed by atoms with E-state index in [-0.39, 0.29) is 0 Å². The lowest BCUT2D eigenvalue weighted by Gasteiger charge is -2.07. The van der Waals surface area contributed by atoms with Crippen LogP contribution in [-0.2, 0) is 6.54 Å². The number of benzene rings is 2. The molecule has 8 heteroatoms. The first-order chi connectivity index (χ1) is 12.3. The van der Waals surface area contributed by atoms with Crippen LogP contribution in [0.4, 0.5) is 0 Å². The number of aromatic nitrogens is 5. The molecule has 0 amide bonds. The average molecular weight is 368 g/mol. The van der Waals surface area contributed by atoms with E-state index in [1.54, 1.807) is 27.8 Å². The minimum absolute atomic E-state index is 0.458. The van der Waals surface area contributed by atoms with E-state index >= 15 is 0 Å². The number of thiazole rings is 1. The van der Waals surface area contributed by atoms with Crippen LogP contribution in [0.25, 0.3) is 27.3 Å². The van der Waals surface area contributed by atoms with Crippen molar-refractivity contribution in [3.8, 4) is 17.1 Å². The highest BCUT2D eigenvalue weighted by Crippen LogP contribution is 2.34. The van der Waals surface area contributed by atoms with Gasteiger partial charge in [0, 0.05) is 12.1 Å². The van der Waals surface area contributed by atoms with Crippen molar-refractivity contribution in [2.45, 2.75) is 17.8 Å². The summed E-state index contributed by atoms with van der Waals surface area (Å²) in [6.07, 6.45) is 0. The molecule has 0 spiro atoms. The SMILES string of the molecule is CCSc1nc2c(-n3nnnc3-c3ccccc3)cc(CN)cc2s1. The number of nitrogens with two attached hydrogens (primary N) is 1. The summed E-state index contributed by atoms with van der Waals surface area (Å²) in [5.41, 5.74) is 9.65. The van der Waals surface area contributed by atoms with E-state index in [4.69, 9.17) is 10.7 Å². The van der Waals surface area contributed by atoms with Crippen LogP contribution in [0.5, 0.6) is 0 Å². The summed E-state index contributed by atoms with van der Waals surface area (Å²) in [7, 11) is 0. The van der Waals surface area contributed by atoms with Gasteiger partial charge in [-0.2, -0.15) is 4.68 Å². The van der Waals surface area contributed by atoms with Crippen LogP contribution < -0.4 is 5.73 Å². The van der Waals surface area contributed by atoms with Gasteiger partial charge >= 0.3 is 0 Å². The van der Waals surface area contributed by atoms with Gasteiger partial charge in [-0.3, -0.25) is 0 Å². The molecule has 2 aromatic heterocycles. The Kier molecular flexibility index (Phi) is 4.48. The Morgan fingerprint density at radius 3 is 2.80 bits per heavy atom. The summed E-state index contributed by atoms with van der Waals surface area (Å²) in [4.78, 5) is 4.79. The Hall–Kier alpha value is -2.29. The molecule has 0 atom stereocenters. The Morgan fingerprint density at radius 1 is 1.20 bits per heavy atom. The summed E-state index contributed by atoms with van der Waals surface area (Å²) >= 11 is 3.42. The highest BCUT2D eigenvalue weighted by Gasteiger charge is 2.17. The van der Waals surface area contributed by atoms with Gasteiger partial charge in [-0.15, -0.1) is 16.4 Å². The molecule has 4 aromatic rings. The molecule has 2 N–H and O–H groups in total. The zero-order valence-electron chi connectivity index (χ0n) is 13.6. The monoisotopic (exact) mass is 368 g/mol. The van der Waals surface area contributed by atoms with E-state index in [0.29, 0.717) is 12.4 Å². The molecule has 2 heterocycles. The van der Waals surface area contributed by atoms with Crippen molar-refractivity contribution in [3.05, 3.63) is 48.0 Å². The number of thioether (sulfide) groups is 1. The van der Waals surface area contributed by atoms with E-state index in [9.17, 15) is 0 Å². The van der Waals surface area contributed by atoms with Crippen molar-refractivity contribution < 1.29 is 0 Å². The predicted octanol–water partition coefficient (Wildman–Crippen LogP) is 3.51. The zero-order chi connectivity index (χ0) is 17.2. The third kappa shape index (κ3) is 3.04. The first-order valence-electron chi connectivity index (χ1n) is 7.90. The van der Waals surface area contributed by atoms with Crippen LogP contribution in [-0.4, -0.2) is 30.9 Å². The van der Waals surface area contributed by atoms with Gasteiger partial charge in [0.25, 0.3) is 0 Å². The fraction of sp³-hybridized carbons (Fsp3) is 0.176. The van der Waals surface area contributed by atoms with Crippen LogP contribution in [0.15, 0.2) is 46.8 Å². The lowest BCUT2D eigenvalue weighted by atomic mass is 10.1. The highest BCUT2D eigenvalue weighted by molar-refractivity contribution is 8.01. The summed E-state index contributed by atoms with van der Waals surface area (Å²) in [6, 6.07) is 14.0. The Morgan fingerprint density at radius 2 is 2.04 bits per heavy atom. The quantitative estimate of drug-likeness (QED) is 0.543. The minimum Gasteiger partial charge on any atom is -0.326 e. The number of fused-ring (bicyclic) bond motifs is 1. The van der Waals surface area contributed by atoms with Gasteiger partial charge in [0.1, 0.15) is 5.52 Å². The normalized spacial score (nSPS) is 11.3. The molecule has 126 valence electrons. The molecule has 4 rings (SSSR count). The van der Waals surface area contributed by atoms with E-state index in [2.05, 4.69) is 28.5 Å². The summed E-state index contributed by atoms with van der Waals surface area (Å²) < 4.78 is 3.89. The number of tetrazole rings is 1. The third-order valence-corrected chi connectivity index (χ3v) is 5.78. The minimum atomic E-state index is 0.458. The van der Waals surface area contributed by atoms with Crippen LogP contribution >= 0.6 is 23.1 Å². The second-order valence-electron chi connectivity index (χ2n) is 5.36. The smallest absolute Gasteiger partial charge is 0.187 e. The second-order valence-corrected chi connectivity index (χ2v) is 7.90. The molecule has 0 unspecified atom stereocenters. The Bertz CT molecular complexity index is 1010. The molecular formula is C17H16N6S2. The molecule has 0 saturated heterocycles. The van der Waals surface area contributed by atoms with E-state index in [0.717, 1.165) is 37.1 Å². The molecule has 0 radical (unpaired) electrons. The lowest BCUT2D eigenvalue weighted by Crippen LogP contribution is -2.04. The number of nitrogens with zero attached hydrogens (tertiary/aromatic N) is 5. The van der Waals surface area contributed by atoms with Crippen molar-refractivity contribution in [1.82, 2.24) is 25.2 Å². The summed E-state index contributed by atoms with van der Waals surface area (Å²) in [5.74, 6) is 1.67. The van der Waals surface area contributed by atoms with Gasteiger partial charge in [0.2, 0.25) is 0 Å². The largest absolute Gasteiger partial charge is 0.326 e. The average Bonchev–Trinajstić information content (AvgIpc) is 3.28. The fourth-order valence-corrected chi connectivity index (χ4v) is 4.67. The van der Waals surface area contributed by atoms with Gasteiger partial charge in [-0.05, 0) is 33.9 Å². The van der Waals surface area contributed by atoms with Crippen molar-refractivity contribution in [1.29, 1.82) is 0 Å². The summed E-state index contributed by atoms with van der Waals surface area (Å²) in [5, 5.41) is 12.3. The highest BCUT2D eigenvalue weighted by atomic mass is 32.2. The first-order valence-corrected chi connectivity index (χ1v) is 9.71. The van der Waals surface area contributed by atoms with Crippen LogP contribution in [0.2, 0.25) is 0 Å². The maximum Gasteiger partial charge on any atom is 0.187 e. The van der Waals surface area contributed by atoms with E-state index < -0.39 is 0 Å². The van der Waals surface area contributed by atoms with Gasteiger partial charge in [0.05, 0.1) is 10.4 Å². The first kappa shape index (κ1) is 16.2. The van der Waals surface area contributed by atoms with Gasteiger partial charge in [-0.1, -0.05) is 49.0 Å². The third-order valence-electron chi connectivity index (χ3n) is 3.75. The zero-order valence-corrected chi connectivity index (χ0v) is 15.2. The van der Waals surface area contributed by atoms with Crippen molar-refractivity contribution >= 4 is 33.3 Å². The predicted molar refractivity (Wildman–Crippen MR) is 102 cm³/mol. The molecule has 0 aliphatic heterocycles. The van der Waals surface area contributed by atoms with Crippen molar-refractivity contribution in [2.24, 2.45) is 5.73 Å². The van der Waals surface area contributed by atoms with Crippen LogP contribution in [0.3, 0.4) is 0 Å². The molecule has 2 aromatic carbocycles. The van der Waals surface area contributed by atoms with Crippen LogP contribution in [0, 0.1) is 0 Å². The topological polar surface area (TPSA) is 82.5 Å². The molecule has 0 aliphatic carbocycles. The van der Waals surface area contributed by atoms with E-state index in [1.165, 1.54) is 0 Å². The Labute approximate surface area is 153 Å². The summed E-state index contributed by atoms with van der Waals surface area (Å²) in [6.45, 7) is 2.58. The number of hydrogen-bond donors (Lipinski definition) is 1. The van der Waals surface area contributed by atoms with Crippen LogP contribution in [0.1, 0.15) is 12.5 Å². The standard InChI is InChI=1S/C17H16N6S2/c1-2-24-17-19-15-13(8-11(10-18)9-14(15)25-17)23-16(20-21-22-23)12-6-4-3-5-7-12/h3-9H,2,10,18H2,1H3. The van der Waals surface area contributed by atoms with Gasteiger partial charge in [0.15, 0.2) is 10.2 Å². The van der Waals surface area contributed by atoms with Crippen molar-refractivity contribution in [2.75, 3.05) is 5.75 Å². The fourth-order valence-electron chi connectivity index (χ4n) is 2.63. The van der Waals surface area contributed by atoms with Crippen molar-refractivity contribution in [3.63, 3.8) is 0 Å². The molecular weight excluding hydrogens is 352 g/mol. The van der Waals surface area contributed by atoms with Gasteiger partial charge < -0.3 is 5.73 Å². The maximum atomic E-state index is 5.90. The lowest BCUT2D eigenvalue weighted by molar-refractivity contribution is 0.792. The number of rotatable bonds is 5. The molecule has 0 fully saturated rings. The molecule has 0 aliphatic rings. The maximum absolute atomic E-state index is 5.90. The second kappa shape index (κ2) is 6.91. The molecule has 6 nitrogen and oxygen atoms in total. The van der Waals surface area contributed by atoms with Gasteiger partial charge in [-0.25, -0.2) is 4.98 Å². The molecule has 25 heavy (non-hydrogen) atoms. The van der Waals surface area contributed by atoms with E-state index in [1.807, 2.05) is 36.4 Å². The Balaban J connectivity index is 1.94. The number of hydrogen-bond acceptors (Lipinski definition) is 7. The molecule has 0 bridgehead atoms. The molecule has 0 saturated carbocycles.